The van der Waals surface area contributed by atoms with Gasteiger partial charge in [0.1, 0.15) is 0 Å². The number of aryl methyl sites for hydroxylation is 1. The number of carbonyl (C=O) groups is 2. The van der Waals surface area contributed by atoms with Crippen LogP contribution in [0.3, 0.4) is 0 Å². The van der Waals surface area contributed by atoms with Crippen molar-refractivity contribution in [3.05, 3.63) is 29.3 Å². The molecule has 5 heteroatoms. The van der Waals surface area contributed by atoms with Gasteiger partial charge in [-0.25, -0.2) is 4.79 Å². The second-order valence-electron chi connectivity index (χ2n) is 8.06. The van der Waals surface area contributed by atoms with E-state index >= 15 is 0 Å². The van der Waals surface area contributed by atoms with Gasteiger partial charge in [-0.15, -0.1) is 0 Å². The summed E-state index contributed by atoms with van der Waals surface area (Å²) in [5.74, 6) is 0.653. The zero-order chi connectivity index (χ0) is 17.0. The van der Waals surface area contributed by atoms with Gasteiger partial charge >= 0.3 is 6.03 Å². The first-order chi connectivity index (χ1) is 12.2. The molecular formula is C20H24N2O3. The van der Waals surface area contributed by atoms with E-state index in [1.54, 1.807) is 0 Å². The normalized spacial score (nSPS) is 31.5. The van der Waals surface area contributed by atoms with Gasteiger partial charge in [0.15, 0.2) is 5.78 Å². The first-order valence-corrected chi connectivity index (χ1v) is 9.53. The molecule has 1 saturated heterocycles. The Morgan fingerprint density at radius 2 is 2.08 bits per heavy atom. The molecule has 0 bridgehead atoms. The Labute approximate surface area is 147 Å². The van der Waals surface area contributed by atoms with Crippen molar-refractivity contribution in [1.82, 2.24) is 5.32 Å². The van der Waals surface area contributed by atoms with Gasteiger partial charge in [0.25, 0.3) is 0 Å². The largest absolute Gasteiger partial charge is 0.377 e. The van der Waals surface area contributed by atoms with Crippen molar-refractivity contribution < 1.29 is 14.3 Å². The van der Waals surface area contributed by atoms with E-state index in [9.17, 15) is 9.59 Å². The SMILES string of the molecule is O=C(Nc1ccc2c(c1)C(=O)CCC2)N[C@@H]1[C@@H]2CCO[C@@H]2C12CCC2. The van der Waals surface area contributed by atoms with Gasteiger partial charge in [0, 0.05) is 41.7 Å². The molecule has 1 heterocycles. The van der Waals surface area contributed by atoms with Crippen molar-refractivity contribution in [3.63, 3.8) is 0 Å². The van der Waals surface area contributed by atoms with Crippen LogP contribution in [0.25, 0.3) is 0 Å². The third-order valence-corrected chi connectivity index (χ3v) is 6.84. The lowest BCUT2D eigenvalue weighted by atomic mass is 9.46. The van der Waals surface area contributed by atoms with Crippen molar-refractivity contribution in [2.24, 2.45) is 11.3 Å². The number of rotatable bonds is 2. The number of anilines is 1. The van der Waals surface area contributed by atoms with Gasteiger partial charge in [-0.1, -0.05) is 12.5 Å². The lowest BCUT2D eigenvalue weighted by Gasteiger charge is -2.63. The molecule has 4 aliphatic rings. The van der Waals surface area contributed by atoms with Crippen LogP contribution < -0.4 is 10.6 Å². The summed E-state index contributed by atoms with van der Waals surface area (Å²) >= 11 is 0. The molecule has 3 aliphatic carbocycles. The Morgan fingerprint density at radius 3 is 2.88 bits per heavy atom. The molecule has 2 N–H and O–H groups in total. The maximum absolute atomic E-state index is 12.5. The van der Waals surface area contributed by atoms with Crippen molar-refractivity contribution in [2.45, 2.75) is 57.1 Å². The minimum absolute atomic E-state index is 0.162. The summed E-state index contributed by atoms with van der Waals surface area (Å²) in [4.78, 5) is 24.6. The van der Waals surface area contributed by atoms with Crippen LogP contribution in [-0.2, 0) is 11.2 Å². The Hall–Kier alpha value is -1.88. The smallest absolute Gasteiger partial charge is 0.319 e. The fourth-order valence-electron chi connectivity index (χ4n) is 5.47. The average molecular weight is 340 g/mol. The molecule has 3 fully saturated rings. The molecule has 25 heavy (non-hydrogen) atoms. The van der Waals surface area contributed by atoms with Crippen LogP contribution in [0.4, 0.5) is 10.5 Å². The van der Waals surface area contributed by atoms with E-state index in [0.717, 1.165) is 49.8 Å². The maximum Gasteiger partial charge on any atom is 0.319 e. The monoisotopic (exact) mass is 340 g/mol. The number of ketones is 1. The quantitative estimate of drug-likeness (QED) is 0.868. The number of nitrogens with one attached hydrogen (secondary N) is 2. The Morgan fingerprint density at radius 1 is 1.20 bits per heavy atom. The first kappa shape index (κ1) is 15.4. The van der Waals surface area contributed by atoms with Crippen LogP contribution in [0, 0.1) is 11.3 Å². The Bertz CT molecular complexity index is 740. The third-order valence-electron chi connectivity index (χ3n) is 6.84. The van der Waals surface area contributed by atoms with Crippen molar-refractivity contribution in [2.75, 3.05) is 11.9 Å². The number of ether oxygens (including phenoxy) is 1. The van der Waals surface area contributed by atoms with Gasteiger partial charge in [0.2, 0.25) is 0 Å². The molecule has 0 aromatic heterocycles. The van der Waals surface area contributed by atoms with Gasteiger partial charge in [-0.05, 0) is 49.8 Å². The van der Waals surface area contributed by atoms with E-state index in [0.29, 0.717) is 24.1 Å². The van der Waals surface area contributed by atoms with Crippen LogP contribution in [0.15, 0.2) is 18.2 Å². The molecule has 2 amide bonds. The maximum atomic E-state index is 12.5. The number of fused-ring (bicyclic) bond motifs is 3. The molecule has 0 radical (unpaired) electrons. The number of carbonyl (C=O) groups excluding carboxylic acids is 2. The topological polar surface area (TPSA) is 67.4 Å². The minimum atomic E-state index is -0.162. The fourth-order valence-corrected chi connectivity index (χ4v) is 5.47. The van der Waals surface area contributed by atoms with E-state index in [4.69, 9.17) is 4.74 Å². The number of hydrogen-bond acceptors (Lipinski definition) is 3. The summed E-state index contributed by atoms with van der Waals surface area (Å²) in [6.45, 7) is 0.823. The predicted molar refractivity (Wildman–Crippen MR) is 93.8 cm³/mol. The predicted octanol–water partition coefficient (Wildman–Crippen LogP) is 3.28. The molecule has 132 valence electrons. The molecule has 1 spiro atoms. The van der Waals surface area contributed by atoms with Crippen molar-refractivity contribution in [3.8, 4) is 0 Å². The van der Waals surface area contributed by atoms with E-state index in [1.807, 2.05) is 18.2 Å². The Balaban J connectivity index is 1.28. The molecule has 5 nitrogen and oxygen atoms in total. The van der Waals surface area contributed by atoms with Crippen LogP contribution in [-0.4, -0.2) is 30.6 Å². The first-order valence-electron chi connectivity index (χ1n) is 9.53. The van der Waals surface area contributed by atoms with E-state index in [1.165, 1.54) is 6.42 Å². The van der Waals surface area contributed by atoms with Crippen LogP contribution in [0.2, 0.25) is 0 Å². The van der Waals surface area contributed by atoms with Gasteiger partial charge < -0.3 is 15.4 Å². The molecule has 1 aliphatic heterocycles. The fraction of sp³-hybridized carbons (Fsp3) is 0.600. The lowest BCUT2D eigenvalue weighted by Crippen LogP contribution is -2.72. The van der Waals surface area contributed by atoms with Crippen LogP contribution in [0.5, 0.6) is 0 Å². The number of amides is 2. The Kier molecular flexibility index (Phi) is 3.42. The number of urea groups is 1. The van der Waals surface area contributed by atoms with Crippen LogP contribution >= 0.6 is 0 Å². The lowest BCUT2D eigenvalue weighted by molar-refractivity contribution is -0.171. The van der Waals surface area contributed by atoms with Gasteiger partial charge in [0.05, 0.1) is 6.10 Å². The molecule has 2 saturated carbocycles. The zero-order valence-corrected chi connectivity index (χ0v) is 14.3. The van der Waals surface area contributed by atoms with E-state index in [-0.39, 0.29) is 23.3 Å². The highest BCUT2D eigenvalue weighted by atomic mass is 16.5. The molecule has 1 aromatic carbocycles. The van der Waals surface area contributed by atoms with E-state index in [2.05, 4.69) is 10.6 Å². The van der Waals surface area contributed by atoms with Crippen molar-refractivity contribution in [1.29, 1.82) is 0 Å². The number of hydrogen-bond donors (Lipinski definition) is 2. The summed E-state index contributed by atoms with van der Waals surface area (Å²) < 4.78 is 5.90. The van der Waals surface area contributed by atoms with Gasteiger partial charge in [-0.2, -0.15) is 0 Å². The summed E-state index contributed by atoms with van der Waals surface area (Å²) in [7, 11) is 0. The molecule has 1 aromatic rings. The third kappa shape index (κ3) is 2.25. The summed E-state index contributed by atoms with van der Waals surface area (Å²) in [6, 6.07) is 5.77. The molecular weight excluding hydrogens is 316 g/mol. The molecule has 5 rings (SSSR count). The second kappa shape index (κ2) is 5.56. The second-order valence-corrected chi connectivity index (χ2v) is 8.06. The standard InChI is InChI=1S/C20H24N2O3/c23-16-4-1-3-12-5-6-13(11-15(12)16)21-19(24)22-17-14-7-10-25-18(14)20(17)8-2-9-20/h5-6,11,14,17-18H,1-4,7-10H2,(H2,21,22,24)/t14-,17+,18-/m0/s1. The number of Topliss-reactive ketones (excluding diaryl/α,β-unsaturated/α-hetero) is 1. The van der Waals surface area contributed by atoms with Gasteiger partial charge in [-0.3, -0.25) is 4.79 Å². The highest BCUT2D eigenvalue weighted by Crippen LogP contribution is 2.62. The summed E-state index contributed by atoms with van der Waals surface area (Å²) in [5.41, 5.74) is 2.75. The minimum Gasteiger partial charge on any atom is -0.377 e. The van der Waals surface area contributed by atoms with Crippen LogP contribution in [0.1, 0.15) is 54.4 Å². The number of benzene rings is 1. The van der Waals surface area contributed by atoms with E-state index < -0.39 is 0 Å². The summed E-state index contributed by atoms with van der Waals surface area (Å²) in [5, 5.41) is 6.14. The highest BCUT2D eigenvalue weighted by Gasteiger charge is 2.66. The van der Waals surface area contributed by atoms with Crippen molar-refractivity contribution >= 4 is 17.5 Å². The average Bonchev–Trinajstić information content (AvgIpc) is 2.97. The zero-order valence-electron chi connectivity index (χ0n) is 14.3. The molecule has 0 unspecified atom stereocenters. The molecule has 3 atom stereocenters. The summed E-state index contributed by atoms with van der Waals surface area (Å²) in [6.07, 6.45) is 7.43. The highest BCUT2D eigenvalue weighted by molar-refractivity contribution is 6.00.